The Balaban J connectivity index is 1.68. The molecule has 2 fully saturated rings. The number of pyridine rings is 1. The van der Waals surface area contributed by atoms with E-state index < -0.39 is 0 Å². The molecule has 3 aliphatic carbocycles. The van der Waals surface area contributed by atoms with Crippen molar-refractivity contribution in [1.82, 2.24) is 4.57 Å². The second-order valence-corrected chi connectivity index (χ2v) is 7.18. The molecule has 1 heterocycles. The first-order chi connectivity index (χ1) is 11.1. The van der Waals surface area contributed by atoms with Crippen LogP contribution in [0.25, 0.3) is 0 Å². The fourth-order valence-electron chi connectivity index (χ4n) is 3.48. The molecule has 4 nitrogen and oxygen atoms in total. The highest BCUT2D eigenvalue weighted by atomic mass is 16.3. The Kier molecular flexibility index (Phi) is 3.64. The van der Waals surface area contributed by atoms with Crippen molar-refractivity contribution >= 4 is 5.69 Å². The normalized spacial score (nSPS) is 32.6. The second kappa shape index (κ2) is 5.68. The van der Waals surface area contributed by atoms with Gasteiger partial charge in [0.2, 0.25) is 0 Å². The number of hydrogen-bond donors (Lipinski definition) is 2. The van der Waals surface area contributed by atoms with Crippen molar-refractivity contribution in [2.24, 2.45) is 5.92 Å². The van der Waals surface area contributed by atoms with E-state index in [2.05, 4.69) is 24.4 Å². The minimum atomic E-state index is -0.383. The summed E-state index contributed by atoms with van der Waals surface area (Å²) >= 11 is 0. The zero-order valence-corrected chi connectivity index (χ0v) is 13.5. The van der Waals surface area contributed by atoms with Crippen LogP contribution in [0, 0.1) is 5.92 Å². The number of aliphatic hydroxyl groups is 1. The van der Waals surface area contributed by atoms with E-state index in [1.807, 2.05) is 24.4 Å². The van der Waals surface area contributed by atoms with Gasteiger partial charge in [0.15, 0.2) is 0 Å². The van der Waals surface area contributed by atoms with Crippen LogP contribution in [-0.4, -0.2) is 21.8 Å². The topological polar surface area (TPSA) is 54.3 Å². The molecule has 122 valence electrons. The molecule has 2 saturated carbocycles. The number of hydrogen-bond acceptors (Lipinski definition) is 3. The standard InChI is InChI=1S/C19H24N2O2/c1-12-4-2-3-5-15(12)20-16-10-14(13-6-7-13)11-21(19(16)23)17-8-9-18(17)22/h2-5,10-13,15,17-18,20,22H,6-9H2,1H3/t12?,15?,17-,18-/m0/s1. The van der Waals surface area contributed by atoms with Gasteiger partial charge in [-0.25, -0.2) is 0 Å². The zero-order chi connectivity index (χ0) is 16.0. The molecule has 2 unspecified atom stereocenters. The number of aliphatic hydroxyl groups excluding tert-OH is 1. The average Bonchev–Trinajstić information content (AvgIpc) is 3.36. The molecule has 3 aliphatic rings. The van der Waals surface area contributed by atoms with E-state index in [-0.39, 0.29) is 23.7 Å². The van der Waals surface area contributed by atoms with Gasteiger partial charge in [0, 0.05) is 6.20 Å². The quantitative estimate of drug-likeness (QED) is 0.899. The summed E-state index contributed by atoms with van der Waals surface area (Å²) in [5, 5.41) is 13.4. The third-order valence-electron chi connectivity index (χ3n) is 5.41. The molecule has 4 atom stereocenters. The molecule has 0 saturated heterocycles. The molecule has 4 rings (SSSR count). The molecule has 0 radical (unpaired) electrons. The van der Waals surface area contributed by atoms with Crippen LogP contribution in [0.5, 0.6) is 0 Å². The molecule has 1 aromatic rings. The van der Waals surface area contributed by atoms with E-state index in [0.29, 0.717) is 17.5 Å². The second-order valence-electron chi connectivity index (χ2n) is 7.18. The lowest BCUT2D eigenvalue weighted by atomic mass is 9.88. The highest BCUT2D eigenvalue weighted by Gasteiger charge is 2.33. The minimum absolute atomic E-state index is 0.00620. The Morgan fingerprint density at radius 1 is 1.17 bits per heavy atom. The van der Waals surface area contributed by atoms with Crippen LogP contribution >= 0.6 is 0 Å². The summed E-state index contributed by atoms with van der Waals surface area (Å²) in [6.07, 6.45) is 14.0. The van der Waals surface area contributed by atoms with Gasteiger partial charge in [-0.1, -0.05) is 31.2 Å². The molecule has 0 aromatic carbocycles. The largest absolute Gasteiger partial charge is 0.391 e. The molecule has 2 N–H and O–H groups in total. The molecule has 4 heteroatoms. The van der Waals surface area contributed by atoms with Gasteiger partial charge in [0.25, 0.3) is 5.56 Å². The van der Waals surface area contributed by atoms with Crippen molar-refractivity contribution in [3.8, 4) is 0 Å². The number of allylic oxidation sites excluding steroid dienone is 2. The van der Waals surface area contributed by atoms with Gasteiger partial charge in [0.05, 0.1) is 18.2 Å². The summed E-state index contributed by atoms with van der Waals surface area (Å²) in [5.41, 5.74) is 1.90. The maximum absolute atomic E-state index is 12.9. The summed E-state index contributed by atoms with van der Waals surface area (Å²) in [5.74, 6) is 0.936. The van der Waals surface area contributed by atoms with Gasteiger partial charge in [0.1, 0.15) is 5.69 Å². The van der Waals surface area contributed by atoms with Gasteiger partial charge in [-0.2, -0.15) is 0 Å². The summed E-state index contributed by atoms with van der Waals surface area (Å²) in [4.78, 5) is 12.9. The summed E-state index contributed by atoms with van der Waals surface area (Å²) in [6.45, 7) is 2.15. The van der Waals surface area contributed by atoms with E-state index in [1.54, 1.807) is 4.57 Å². The van der Waals surface area contributed by atoms with Crippen LogP contribution in [0.1, 0.15) is 50.1 Å². The van der Waals surface area contributed by atoms with Crippen LogP contribution in [-0.2, 0) is 0 Å². The predicted molar refractivity (Wildman–Crippen MR) is 91.8 cm³/mol. The minimum Gasteiger partial charge on any atom is -0.391 e. The Morgan fingerprint density at radius 2 is 1.96 bits per heavy atom. The fraction of sp³-hybridized carbons (Fsp3) is 0.526. The van der Waals surface area contributed by atoms with Crippen molar-refractivity contribution in [2.75, 3.05) is 5.32 Å². The first-order valence-corrected chi connectivity index (χ1v) is 8.69. The highest BCUT2D eigenvalue weighted by Crippen LogP contribution is 2.41. The molecule has 1 aromatic heterocycles. The fourth-order valence-corrected chi connectivity index (χ4v) is 3.48. The smallest absolute Gasteiger partial charge is 0.274 e. The van der Waals surface area contributed by atoms with E-state index >= 15 is 0 Å². The SMILES string of the molecule is CC1C=CC=CC1Nc1cc(C2CC2)cn([C@H]2CC[C@@H]2O)c1=O. The van der Waals surface area contributed by atoms with Gasteiger partial charge in [-0.15, -0.1) is 0 Å². The first-order valence-electron chi connectivity index (χ1n) is 8.69. The molecule has 0 spiro atoms. The van der Waals surface area contributed by atoms with E-state index in [9.17, 15) is 9.90 Å². The van der Waals surface area contributed by atoms with Crippen molar-refractivity contribution in [3.63, 3.8) is 0 Å². The van der Waals surface area contributed by atoms with Gasteiger partial charge in [-0.05, 0) is 49.1 Å². The Labute approximate surface area is 136 Å². The van der Waals surface area contributed by atoms with E-state index in [4.69, 9.17) is 0 Å². The monoisotopic (exact) mass is 312 g/mol. The number of anilines is 1. The third-order valence-corrected chi connectivity index (χ3v) is 5.41. The molecular weight excluding hydrogens is 288 g/mol. The van der Waals surface area contributed by atoms with Crippen molar-refractivity contribution in [2.45, 2.75) is 56.7 Å². The van der Waals surface area contributed by atoms with Crippen molar-refractivity contribution in [3.05, 3.63) is 52.5 Å². The summed E-state index contributed by atoms with van der Waals surface area (Å²) < 4.78 is 1.78. The van der Waals surface area contributed by atoms with E-state index in [1.165, 1.54) is 18.4 Å². The average molecular weight is 312 g/mol. The number of nitrogens with zero attached hydrogens (tertiary/aromatic N) is 1. The third kappa shape index (κ3) is 2.76. The molecule has 23 heavy (non-hydrogen) atoms. The van der Waals surface area contributed by atoms with Crippen LogP contribution in [0.3, 0.4) is 0 Å². The Morgan fingerprint density at radius 3 is 2.57 bits per heavy atom. The zero-order valence-electron chi connectivity index (χ0n) is 13.5. The van der Waals surface area contributed by atoms with Gasteiger partial charge >= 0.3 is 0 Å². The van der Waals surface area contributed by atoms with Crippen LogP contribution in [0.4, 0.5) is 5.69 Å². The van der Waals surface area contributed by atoms with E-state index in [0.717, 1.165) is 12.8 Å². The maximum Gasteiger partial charge on any atom is 0.274 e. The lowest BCUT2D eigenvalue weighted by Gasteiger charge is -2.34. The van der Waals surface area contributed by atoms with Gasteiger partial charge < -0.3 is 15.0 Å². The van der Waals surface area contributed by atoms with Crippen LogP contribution < -0.4 is 10.9 Å². The molecule has 0 amide bonds. The Bertz CT molecular complexity index is 715. The number of aromatic nitrogens is 1. The number of rotatable bonds is 4. The maximum atomic E-state index is 12.9. The number of nitrogens with one attached hydrogen (secondary N) is 1. The first kappa shape index (κ1) is 14.8. The lowest BCUT2D eigenvalue weighted by Crippen LogP contribution is -2.40. The summed E-state index contributed by atoms with van der Waals surface area (Å²) in [7, 11) is 0. The summed E-state index contributed by atoms with van der Waals surface area (Å²) in [6, 6.07) is 2.11. The van der Waals surface area contributed by atoms with Crippen LogP contribution in [0.15, 0.2) is 41.4 Å². The molecule has 0 bridgehead atoms. The highest BCUT2D eigenvalue weighted by molar-refractivity contribution is 5.48. The van der Waals surface area contributed by atoms with Crippen molar-refractivity contribution in [1.29, 1.82) is 0 Å². The predicted octanol–water partition coefficient (Wildman–Crippen LogP) is 2.96. The van der Waals surface area contributed by atoms with Gasteiger partial charge in [-0.3, -0.25) is 4.79 Å². The lowest BCUT2D eigenvalue weighted by molar-refractivity contribution is 0.0299. The Hall–Kier alpha value is -1.81. The molecular formula is C19H24N2O2. The van der Waals surface area contributed by atoms with Crippen molar-refractivity contribution < 1.29 is 5.11 Å². The molecule has 0 aliphatic heterocycles. The van der Waals surface area contributed by atoms with Crippen LogP contribution in [0.2, 0.25) is 0 Å².